The quantitative estimate of drug-likeness (QED) is 0.872. The van der Waals surface area contributed by atoms with E-state index in [1.807, 2.05) is 25.1 Å². The maximum atomic E-state index is 13.3. The summed E-state index contributed by atoms with van der Waals surface area (Å²) in [7, 11) is 0. The Kier molecular flexibility index (Phi) is 4.33. The molecule has 0 bridgehead atoms. The van der Waals surface area contributed by atoms with Gasteiger partial charge in [0.1, 0.15) is 11.9 Å². The van der Waals surface area contributed by atoms with Crippen LogP contribution in [0.4, 0.5) is 4.39 Å². The predicted molar refractivity (Wildman–Crippen MR) is 75.6 cm³/mol. The third-order valence-electron chi connectivity index (χ3n) is 3.34. The lowest BCUT2D eigenvalue weighted by Gasteiger charge is -2.15. The van der Waals surface area contributed by atoms with Gasteiger partial charge in [0.2, 0.25) is 0 Å². The summed E-state index contributed by atoms with van der Waals surface area (Å²) < 4.78 is 13.3. The van der Waals surface area contributed by atoms with Crippen molar-refractivity contribution in [1.29, 1.82) is 0 Å². The summed E-state index contributed by atoms with van der Waals surface area (Å²) in [5, 5.41) is 10.4. The Bertz CT molecular complexity index is 563. The minimum Gasteiger partial charge on any atom is -0.384 e. The highest BCUT2D eigenvalue weighted by Gasteiger charge is 2.14. The van der Waals surface area contributed by atoms with Gasteiger partial charge in [-0.3, -0.25) is 0 Å². The molecule has 2 rings (SSSR count). The Balaban J connectivity index is 2.35. The number of benzene rings is 2. The van der Waals surface area contributed by atoms with E-state index in [1.54, 1.807) is 6.07 Å². The van der Waals surface area contributed by atoms with Gasteiger partial charge >= 0.3 is 0 Å². The Morgan fingerprint density at radius 3 is 2.68 bits per heavy atom. The van der Waals surface area contributed by atoms with Gasteiger partial charge in [-0.2, -0.15) is 0 Å². The van der Waals surface area contributed by atoms with Gasteiger partial charge in [0, 0.05) is 0 Å². The highest BCUT2D eigenvalue weighted by Crippen LogP contribution is 2.26. The molecule has 0 amide bonds. The van der Waals surface area contributed by atoms with Crippen molar-refractivity contribution in [1.82, 2.24) is 0 Å². The largest absolute Gasteiger partial charge is 0.384 e. The van der Waals surface area contributed by atoms with E-state index in [0.29, 0.717) is 5.56 Å². The Labute approximate surface area is 113 Å². The summed E-state index contributed by atoms with van der Waals surface area (Å²) in [5.41, 5.74) is 3.55. The van der Waals surface area contributed by atoms with Crippen molar-refractivity contribution in [2.24, 2.45) is 0 Å². The van der Waals surface area contributed by atoms with Gasteiger partial charge in [0.25, 0.3) is 0 Å². The zero-order valence-electron chi connectivity index (χ0n) is 11.4. The molecule has 0 saturated carbocycles. The van der Waals surface area contributed by atoms with Crippen molar-refractivity contribution >= 4 is 0 Å². The zero-order valence-corrected chi connectivity index (χ0v) is 11.4. The van der Waals surface area contributed by atoms with Crippen LogP contribution >= 0.6 is 0 Å². The topological polar surface area (TPSA) is 20.2 Å². The number of aliphatic hydroxyl groups is 1. The molecule has 0 aliphatic rings. The lowest BCUT2D eigenvalue weighted by molar-refractivity contribution is 0.219. The summed E-state index contributed by atoms with van der Waals surface area (Å²) in [5.74, 6) is -0.315. The number of hydrogen-bond acceptors (Lipinski definition) is 1. The number of aliphatic hydroxyl groups excluding tert-OH is 1. The first kappa shape index (κ1) is 13.8. The van der Waals surface area contributed by atoms with Gasteiger partial charge in [-0.1, -0.05) is 43.7 Å². The second-order valence-corrected chi connectivity index (χ2v) is 4.90. The van der Waals surface area contributed by atoms with Crippen LogP contribution in [-0.2, 0) is 6.42 Å². The van der Waals surface area contributed by atoms with Gasteiger partial charge in [-0.05, 0) is 47.7 Å². The molecule has 0 heterocycles. The third-order valence-corrected chi connectivity index (χ3v) is 3.34. The van der Waals surface area contributed by atoms with Crippen molar-refractivity contribution in [3.63, 3.8) is 0 Å². The van der Waals surface area contributed by atoms with Crippen LogP contribution in [0, 0.1) is 12.7 Å². The van der Waals surface area contributed by atoms with Crippen LogP contribution < -0.4 is 0 Å². The molecule has 2 aromatic rings. The first-order valence-corrected chi connectivity index (χ1v) is 6.64. The van der Waals surface area contributed by atoms with E-state index in [4.69, 9.17) is 0 Å². The van der Waals surface area contributed by atoms with E-state index in [0.717, 1.165) is 24.0 Å². The van der Waals surface area contributed by atoms with Crippen LogP contribution in [0.15, 0.2) is 42.5 Å². The molecule has 2 heteroatoms. The van der Waals surface area contributed by atoms with Gasteiger partial charge in [-0.15, -0.1) is 0 Å². The Hall–Kier alpha value is -1.67. The molecule has 0 fully saturated rings. The van der Waals surface area contributed by atoms with E-state index in [9.17, 15) is 9.50 Å². The SMILES string of the molecule is CCCc1cccc(C(O)c2cc(F)ccc2C)c1. The zero-order chi connectivity index (χ0) is 13.8. The van der Waals surface area contributed by atoms with Gasteiger partial charge in [0.15, 0.2) is 0 Å². The van der Waals surface area contributed by atoms with Gasteiger partial charge < -0.3 is 5.11 Å². The van der Waals surface area contributed by atoms with Crippen LogP contribution in [0.25, 0.3) is 0 Å². The van der Waals surface area contributed by atoms with E-state index in [-0.39, 0.29) is 5.82 Å². The molecule has 0 radical (unpaired) electrons. The second-order valence-electron chi connectivity index (χ2n) is 4.90. The number of halogens is 1. The molecule has 0 spiro atoms. The standard InChI is InChI=1S/C17H19FO/c1-3-5-13-6-4-7-14(10-13)17(19)16-11-15(18)9-8-12(16)2/h4,6-11,17,19H,3,5H2,1-2H3. The Morgan fingerprint density at radius 1 is 1.16 bits per heavy atom. The highest BCUT2D eigenvalue weighted by atomic mass is 19.1. The molecule has 0 aliphatic heterocycles. The highest BCUT2D eigenvalue weighted by molar-refractivity contribution is 5.37. The number of hydrogen-bond donors (Lipinski definition) is 1. The molecular formula is C17H19FO. The summed E-state index contributed by atoms with van der Waals surface area (Å²) in [4.78, 5) is 0. The van der Waals surface area contributed by atoms with Crippen molar-refractivity contribution in [3.8, 4) is 0 Å². The lowest BCUT2D eigenvalue weighted by Crippen LogP contribution is -2.03. The summed E-state index contributed by atoms with van der Waals surface area (Å²) >= 11 is 0. The molecule has 1 nitrogen and oxygen atoms in total. The number of rotatable bonds is 4. The molecule has 1 unspecified atom stereocenters. The van der Waals surface area contributed by atoms with E-state index >= 15 is 0 Å². The maximum absolute atomic E-state index is 13.3. The molecule has 19 heavy (non-hydrogen) atoms. The molecule has 2 aromatic carbocycles. The smallest absolute Gasteiger partial charge is 0.123 e. The van der Waals surface area contributed by atoms with Crippen molar-refractivity contribution in [2.75, 3.05) is 0 Å². The molecule has 0 aromatic heterocycles. The van der Waals surface area contributed by atoms with E-state index < -0.39 is 6.10 Å². The van der Waals surface area contributed by atoms with Crippen molar-refractivity contribution in [3.05, 3.63) is 70.5 Å². The molecular weight excluding hydrogens is 239 g/mol. The molecule has 1 N–H and O–H groups in total. The van der Waals surface area contributed by atoms with Gasteiger partial charge in [0.05, 0.1) is 0 Å². The summed E-state index contributed by atoms with van der Waals surface area (Å²) in [6.45, 7) is 4.01. The van der Waals surface area contributed by atoms with Crippen LogP contribution in [-0.4, -0.2) is 5.11 Å². The molecule has 0 saturated heterocycles. The summed E-state index contributed by atoms with van der Waals surface area (Å²) in [6.07, 6.45) is 1.29. The van der Waals surface area contributed by atoms with Crippen LogP contribution in [0.3, 0.4) is 0 Å². The predicted octanol–water partition coefficient (Wildman–Crippen LogP) is 4.17. The maximum Gasteiger partial charge on any atom is 0.123 e. The lowest BCUT2D eigenvalue weighted by atomic mass is 9.95. The van der Waals surface area contributed by atoms with Crippen molar-refractivity contribution in [2.45, 2.75) is 32.8 Å². The van der Waals surface area contributed by atoms with E-state index in [1.165, 1.54) is 17.7 Å². The fraction of sp³-hybridized carbons (Fsp3) is 0.294. The van der Waals surface area contributed by atoms with E-state index in [2.05, 4.69) is 13.0 Å². The Morgan fingerprint density at radius 2 is 1.95 bits per heavy atom. The van der Waals surface area contributed by atoms with Crippen LogP contribution in [0.1, 0.15) is 41.7 Å². The first-order valence-electron chi connectivity index (χ1n) is 6.64. The average molecular weight is 258 g/mol. The van der Waals surface area contributed by atoms with Crippen molar-refractivity contribution < 1.29 is 9.50 Å². The fourth-order valence-electron chi connectivity index (χ4n) is 2.29. The first-order chi connectivity index (χ1) is 9.11. The number of aryl methyl sites for hydroxylation is 2. The molecule has 1 atom stereocenters. The third kappa shape index (κ3) is 3.21. The monoisotopic (exact) mass is 258 g/mol. The van der Waals surface area contributed by atoms with Crippen LogP contribution in [0.2, 0.25) is 0 Å². The molecule has 100 valence electrons. The molecule has 0 aliphatic carbocycles. The second kappa shape index (κ2) is 5.98. The van der Waals surface area contributed by atoms with Gasteiger partial charge in [-0.25, -0.2) is 4.39 Å². The minimum atomic E-state index is -0.771. The minimum absolute atomic E-state index is 0.315. The average Bonchev–Trinajstić information content (AvgIpc) is 2.41. The fourth-order valence-corrected chi connectivity index (χ4v) is 2.29. The summed E-state index contributed by atoms with van der Waals surface area (Å²) in [6, 6.07) is 12.4. The van der Waals surface area contributed by atoms with Crippen LogP contribution in [0.5, 0.6) is 0 Å². The normalized spacial score (nSPS) is 12.4.